The molecule has 0 spiro atoms. The molecule has 0 atom stereocenters. The summed E-state index contributed by atoms with van der Waals surface area (Å²) in [6.07, 6.45) is 0. The van der Waals surface area contributed by atoms with Crippen molar-refractivity contribution in [1.29, 1.82) is 0 Å². The van der Waals surface area contributed by atoms with Crippen LogP contribution in [0.25, 0.3) is 0 Å². The Morgan fingerprint density at radius 2 is 1.65 bits per heavy atom. The van der Waals surface area contributed by atoms with E-state index in [1.165, 1.54) is 5.56 Å². The van der Waals surface area contributed by atoms with Gasteiger partial charge in [-0.1, -0.05) is 0 Å². The zero-order chi connectivity index (χ0) is 14.5. The molecule has 1 N–H and O–H groups in total. The topological polar surface area (TPSA) is 37.3 Å². The second-order valence-corrected chi connectivity index (χ2v) is 14.0. The van der Waals surface area contributed by atoms with Gasteiger partial charge in [0.1, 0.15) is 0 Å². The second kappa shape index (κ2) is 6.93. The van der Waals surface area contributed by atoms with Gasteiger partial charge < -0.3 is 0 Å². The van der Waals surface area contributed by atoms with Gasteiger partial charge in [-0.25, -0.2) is 0 Å². The van der Waals surface area contributed by atoms with Gasteiger partial charge in [-0.15, -0.1) is 0 Å². The first-order valence-electron chi connectivity index (χ1n) is 6.82. The van der Waals surface area contributed by atoms with Crippen LogP contribution in [0, 0.1) is 0 Å². The van der Waals surface area contributed by atoms with Crippen molar-refractivity contribution in [3.8, 4) is 0 Å². The quantitative estimate of drug-likeness (QED) is 0.816. The number of hydrogen-bond donors (Lipinski definition) is 1. The van der Waals surface area contributed by atoms with Gasteiger partial charge in [-0.05, 0) is 0 Å². The van der Waals surface area contributed by atoms with Gasteiger partial charge in [-0.2, -0.15) is 0 Å². The fourth-order valence-electron chi connectivity index (χ4n) is 2.38. The molecule has 2 rings (SSSR count). The van der Waals surface area contributed by atoms with Crippen LogP contribution in [0.15, 0.2) is 54.6 Å². The Labute approximate surface area is 127 Å². The van der Waals surface area contributed by atoms with Crippen molar-refractivity contribution >= 4 is 29.3 Å². The average molecular weight is 374 g/mol. The van der Waals surface area contributed by atoms with Crippen molar-refractivity contribution in [2.75, 3.05) is 0 Å². The zero-order valence-corrected chi connectivity index (χ0v) is 14.7. The molecule has 0 bridgehead atoms. The molecule has 2 aromatic carbocycles. The molecule has 1 radical (unpaired) electrons. The van der Waals surface area contributed by atoms with E-state index in [-0.39, 0.29) is 0 Å². The van der Waals surface area contributed by atoms with E-state index in [0.29, 0.717) is 9.50 Å². The van der Waals surface area contributed by atoms with Gasteiger partial charge in [-0.3, -0.25) is 0 Å². The molecule has 0 aliphatic rings. The molecule has 0 fully saturated rings. The summed E-state index contributed by atoms with van der Waals surface area (Å²) in [5, 5.41) is 9.39. The van der Waals surface area contributed by atoms with Crippen LogP contribution in [0.3, 0.4) is 0 Å². The molecule has 103 valence electrons. The third-order valence-electron chi connectivity index (χ3n) is 3.44. The summed E-state index contributed by atoms with van der Waals surface area (Å²) in [7, 11) is 0. The van der Waals surface area contributed by atoms with Crippen molar-refractivity contribution in [3.63, 3.8) is 0 Å². The molecule has 0 saturated heterocycles. The monoisotopic (exact) mass is 375 g/mol. The molecular formula is C17H19O2Sn. The molecular weight excluding hydrogens is 355 g/mol. The van der Waals surface area contributed by atoms with Crippen LogP contribution >= 0.6 is 0 Å². The van der Waals surface area contributed by atoms with Gasteiger partial charge in [0.05, 0.1) is 0 Å². The third-order valence-corrected chi connectivity index (χ3v) is 12.9. The summed E-state index contributed by atoms with van der Waals surface area (Å²) >= 11 is -2.03. The number of rotatable bonds is 5. The summed E-state index contributed by atoms with van der Waals surface area (Å²) in [6.45, 7) is 4.46. The third kappa shape index (κ3) is 3.63. The predicted molar refractivity (Wildman–Crippen MR) is 84.0 cm³/mol. The van der Waals surface area contributed by atoms with E-state index in [0.717, 1.165) is 8.02 Å². The number of benzene rings is 2. The molecule has 0 saturated carbocycles. The van der Waals surface area contributed by atoms with E-state index >= 15 is 0 Å². The molecule has 2 nitrogen and oxygen atoms in total. The zero-order valence-electron chi connectivity index (χ0n) is 11.8. The van der Waals surface area contributed by atoms with E-state index < -0.39 is 25.7 Å². The Kier molecular flexibility index (Phi) is 5.23. The van der Waals surface area contributed by atoms with E-state index in [9.17, 15) is 9.90 Å². The van der Waals surface area contributed by atoms with E-state index in [4.69, 9.17) is 0 Å². The van der Waals surface area contributed by atoms with E-state index in [1.54, 1.807) is 6.07 Å². The second-order valence-electron chi connectivity index (χ2n) is 5.19. The Hall–Kier alpha value is -1.29. The summed E-state index contributed by atoms with van der Waals surface area (Å²) in [6, 6.07) is 18.0. The summed E-state index contributed by atoms with van der Waals surface area (Å²) in [5.41, 5.74) is 1.84. The van der Waals surface area contributed by atoms with Crippen LogP contribution in [-0.2, 0) is 4.44 Å². The van der Waals surface area contributed by atoms with Gasteiger partial charge in [0.2, 0.25) is 0 Å². The van der Waals surface area contributed by atoms with Crippen LogP contribution in [-0.4, -0.2) is 30.8 Å². The number of carboxylic acids is 1. The minimum atomic E-state index is -2.03. The first kappa shape index (κ1) is 15.1. The predicted octanol–water partition coefficient (Wildman–Crippen LogP) is 3.28. The Morgan fingerprint density at radius 1 is 1.05 bits per heavy atom. The molecule has 3 heteroatoms. The number of carboxylic acid groups (broad SMARTS) is 1. The fourth-order valence-corrected chi connectivity index (χ4v) is 10.2. The molecule has 0 amide bonds. The Morgan fingerprint density at radius 3 is 2.25 bits per heavy atom. The van der Waals surface area contributed by atoms with E-state index in [2.05, 4.69) is 38.1 Å². The van der Waals surface area contributed by atoms with Crippen LogP contribution in [0.5, 0.6) is 0 Å². The number of aromatic carboxylic acids is 1. The number of carbonyl (C=O) groups is 1. The van der Waals surface area contributed by atoms with E-state index in [1.807, 2.05) is 24.3 Å². The summed E-state index contributed by atoms with van der Waals surface area (Å²) in [5.74, 6) is -0.799. The number of hydrogen-bond acceptors (Lipinski definition) is 1. The summed E-state index contributed by atoms with van der Waals surface area (Å²) in [4.78, 5) is 11.4. The first-order valence-corrected chi connectivity index (χ1v) is 11.9. The van der Waals surface area contributed by atoms with Crippen molar-refractivity contribution in [3.05, 3.63) is 65.7 Å². The summed E-state index contributed by atoms with van der Waals surface area (Å²) < 4.78 is 2.77. The Balaban J connectivity index is 2.37. The van der Waals surface area contributed by atoms with Gasteiger partial charge in [0, 0.05) is 0 Å². The minimum absolute atomic E-state index is 0.506. The van der Waals surface area contributed by atoms with Crippen LogP contribution < -0.4 is 3.58 Å². The van der Waals surface area contributed by atoms with Crippen LogP contribution in [0.1, 0.15) is 29.8 Å². The van der Waals surface area contributed by atoms with Gasteiger partial charge in [0.15, 0.2) is 0 Å². The average Bonchev–Trinajstić information content (AvgIpc) is 2.45. The van der Waals surface area contributed by atoms with Crippen molar-refractivity contribution in [2.45, 2.75) is 22.2 Å². The van der Waals surface area contributed by atoms with Gasteiger partial charge >= 0.3 is 127 Å². The van der Waals surface area contributed by atoms with Gasteiger partial charge in [0.25, 0.3) is 0 Å². The van der Waals surface area contributed by atoms with Crippen molar-refractivity contribution in [1.82, 2.24) is 0 Å². The standard InChI is InChI=1S/C7H5O2.C7H7.C3H7.Sn/c8-7(9)6-4-2-1-3-5-6;1-7-5-3-2-4-6-7;1-3-2;/h1-4H,(H,8,9);2-6H,1H2;3H,1-2H3;. The SMILES string of the molecule is C[CH](C)[Sn]([CH2]c1ccccc1)[c]1ccccc1C(=O)O. The van der Waals surface area contributed by atoms with Crippen molar-refractivity contribution < 1.29 is 9.90 Å². The molecule has 0 unspecified atom stereocenters. The normalized spacial score (nSPS) is 11.0. The molecule has 0 aromatic heterocycles. The molecule has 0 aliphatic heterocycles. The maximum atomic E-state index is 11.4. The Bertz CT molecular complexity index is 579. The maximum absolute atomic E-state index is 11.4. The van der Waals surface area contributed by atoms with Crippen molar-refractivity contribution in [2.24, 2.45) is 0 Å². The molecule has 0 heterocycles. The molecule has 0 aliphatic carbocycles. The first-order chi connectivity index (χ1) is 9.59. The van der Waals surface area contributed by atoms with Crippen LogP contribution in [0.4, 0.5) is 0 Å². The van der Waals surface area contributed by atoms with Crippen LogP contribution in [0.2, 0.25) is 3.93 Å². The molecule has 2 aromatic rings. The molecule has 20 heavy (non-hydrogen) atoms. The fraction of sp³-hybridized carbons (Fsp3) is 0.235.